The molecule has 1 aromatic heterocycles. The molecule has 2 heterocycles. The standard InChI is InChI=1S/C14H23N3O2/c1-14(2,3)13(18)19-17-6-4-11(5-7-17)8-12-9-15-16-10-12/h9-11H,4-8H2,1-3H3,(H,15,16). The van der Waals surface area contributed by atoms with Crippen LogP contribution in [0.25, 0.3) is 0 Å². The van der Waals surface area contributed by atoms with Crippen LogP contribution >= 0.6 is 0 Å². The average molecular weight is 265 g/mol. The summed E-state index contributed by atoms with van der Waals surface area (Å²) >= 11 is 0. The number of hydrogen-bond acceptors (Lipinski definition) is 4. The number of aromatic nitrogens is 2. The van der Waals surface area contributed by atoms with Crippen molar-refractivity contribution >= 4 is 5.97 Å². The van der Waals surface area contributed by atoms with E-state index in [1.807, 2.05) is 33.2 Å². The van der Waals surface area contributed by atoms with Gasteiger partial charge in [0.15, 0.2) is 0 Å². The number of rotatable bonds is 3. The lowest BCUT2D eigenvalue weighted by Gasteiger charge is -2.32. The van der Waals surface area contributed by atoms with Crippen molar-refractivity contribution < 1.29 is 9.63 Å². The number of H-pyrrole nitrogens is 1. The minimum absolute atomic E-state index is 0.152. The van der Waals surface area contributed by atoms with Gasteiger partial charge in [-0.1, -0.05) is 0 Å². The molecule has 5 nitrogen and oxygen atoms in total. The maximum Gasteiger partial charge on any atom is 0.330 e. The van der Waals surface area contributed by atoms with Gasteiger partial charge in [0.25, 0.3) is 0 Å². The van der Waals surface area contributed by atoms with Gasteiger partial charge in [0.2, 0.25) is 0 Å². The first-order valence-corrected chi connectivity index (χ1v) is 6.90. The molecule has 0 bridgehead atoms. The molecule has 106 valence electrons. The van der Waals surface area contributed by atoms with Crippen molar-refractivity contribution in [3.63, 3.8) is 0 Å². The lowest BCUT2D eigenvalue weighted by atomic mass is 9.92. The molecule has 2 rings (SSSR count). The largest absolute Gasteiger partial charge is 0.367 e. The zero-order valence-corrected chi connectivity index (χ0v) is 12.0. The number of carbonyl (C=O) groups is 1. The van der Waals surface area contributed by atoms with Gasteiger partial charge in [0.05, 0.1) is 11.6 Å². The minimum atomic E-state index is -0.437. The monoisotopic (exact) mass is 265 g/mol. The van der Waals surface area contributed by atoms with Crippen molar-refractivity contribution in [2.45, 2.75) is 40.0 Å². The summed E-state index contributed by atoms with van der Waals surface area (Å²) in [6, 6.07) is 0. The van der Waals surface area contributed by atoms with Crippen LogP contribution in [0.5, 0.6) is 0 Å². The molecule has 1 aliphatic rings. The summed E-state index contributed by atoms with van der Waals surface area (Å²) in [6.07, 6.45) is 7.00. The first kappa shape index (κ1) is 14.1. The Morgan fingerprint density at radius 2 is 2.16 bits per heavy atom. The van der Waals surface area contributed by atoms with Crippen LogP contribution in [0, 0.1) is 11.3 Å². The van der Waals surface area contributed by atoms with Crippen molar-refractivity contribution in [2.24, 2.45) is 11.3 Å². The second-order valence-electron chi connectivity index (χ2n) is 6.31. The Hall–Kier alpha value is -1.36. The molecule has 0 amide bonds. The number of piperidine rings is 1. The summed E-state index contributed by atoms with van der Waals surface area (Å²) in [7, 11) is 0. The topological polar surface area (TPSA) is 58.2 Å². The predicted molar refractivity (Wildman–Crippen MR) is 72.1 cm³/mol. The fourth-order valence-electron chi connectivity index (χ4n) is 2.18. The maximum absolute atomic E-state index is 11.8. The van der Waals surface area contributed by atoms with Gasteiger partial charge in [0.1, 0.15) is 0 Å². The third-order valence-corrected chi connectivity index (χ3v) is 3.48. The predicted octanol–water partition coefficient (Wildman–Crippen LogP) is 2.17. The molecule has 0 aromatic carbocycles. The van der Waals surface area contributed by atoms with E-state index in [4.69, 9.17) is 4.84 Å². The third-order valence-electron chi connectivity index (χ3n) is 3.48. The lowest BCUT2D eigenvalue weighted by Crippen LogP contribution is -2.39. The minimum Gasteiger partial charge on any atom is -0.367 e. The van der Waals surface area contributed by atoms with Crippen LogP contribution in [-0.4, -0.2) is 34.3 Å². The molecular weight excluding hydrogens is 242 g/mol. The molecule has 1 saturated heterocycles. The number of hydrogen-bond donors (Lipinski definition) is 1. The molecule has 0 atom stereocenters. The smallest absolute Gasteiger partial charge is 0.330 e. The van der Waals surface area contributed by atoms with Gasteiger partial charge in [-0.25, -0.2) is 4.79 Å². The van der Waals surface area contributed by atoms with Gasteiger partial charge in [-0.3, -0.25) is 5.10 Å². The Balaban J connectivity index is 1.75. The molecule has 0 unspecified atom stereocenters. The van der Waals surface area contributed by atoms with Gasteiger partial charge in [-0.15, -0.1) is 5.06 Å². The van der Waals surface area contributed by atoms with Crippen molar-refractivity contribution in [3.8, 4) is 0 Å². The van der Waals surface area contributed by atoms with Crippen LogP contribution in [0.2, 0.25) is 0 Å². The highest BCUT2D eigenvalue weighted by molar-refractivity contribution is 5.75. The van der Waals surface area contributed by atoms with E-state index < -0.39 is 5.41 Å². The molecule has 1 aromatic rings. The molecule has 0 spiro atoms. The van der Waals surface area contributed by atoms with Gasteiger partial charge in [-0.05, 0) is 51.5 Å². The number of aromatic amines is 1. The van der Waals surface area contributed by atoms with E-state index in [1.165, 1.54) is 5.56 Å². The van der Waals surface area contributed by atoms with E-state index in [0.29, 0.717) is 5.92 Å². The molecule has 0 saturated carbocycles. The number of nitrogens with one attached hydrogen (secondary N) is 1. The fourth-order valence-corrected chi connectivity index (χ4v) is 2.18. The normalized spacial score (nSPS) is 18.5. The van der Waals surface area contributed by atoms with Gasteiger partial charge >= 0.3 is 5.97 Å². The van der Waals surface area contributed by atoms with Crippen molar-refractivity contribution in [1.29, 1.82) is 0 Å². The molecular formula is C14H23N3O2. The lowest BCUT2D eigenvalue weighted by molar-refractivity contribution is -0.206. The van der Waals surface area contributed by atoms with Crippen molar-refractivity contribution in [3.05, 3.63) is 18.0 Å². The van der Waals surface area contributed by atoms with Crippen LogP contribution in [0.1, 0.15) is 39.2 Å². The summed E-state index contributed by atoms with van der Waals surface area (Å²) in [4.78, 5) is 17.2. The molecule has 1 fully saturated rings. The maximum atomic E-state index is 11.8. The highest BCUT2D eigenvalue weighted by Gasteiger charge is 2.28. The molecule has 0 aliphatic carbocycles. The van der Waals surface area contributed by atoms with Gasteiger partial charge in [0, 0.05) is 19.3 Å². The summed E-state index contributed by atoms with van der Waals surface area (Å²) < 4.78 is 0. The first-order chi connectivity index (χ1) is 8.95. The molecule has 1 N–H and O–H groups in total. The first-order valence-electron chi connectivity index (χ1n) is 6.90. The van der Waals surface area contributed by atoms with Crippen LogP contribution < -0.4 is 0 Å². The number of nitrogens with zero attached hydrogens (tertiary/aromatic N) is 2. The van der Waals surface area contributed by atoms with Crippen molar-refractivity contribution in [1.82, 2.24) is 15.3 Å². The van der Waals surface area contributed by atoms with E-state index >= 15 is 0 Å². The summed E-state index contributed by atoms with van der Waals surface area (Å²) in [5.74, 6) is 0.503. The summed E-state index contributed by atoms with van der Waals surface area (Å²) in [5.41, 5.74) is 0.818. The number of hydroxylamine groups is 2. The third kappa shape index (κ3) is 4.06. The second-order valence-corrected chi connectivity index (χ2v) is 6.31. The fraction of sp³-hybridized carbons (Fsp3) is 0.714. The van der Waals surface area contributed by atoms with Crippen LogP contribution in [-0.2, 0) is 16.1 Å². The van der Waals surface area contributed by atoms with E-state index in [0.717, 1.165) is 32.4 Å². The van der Waals surface area contributed by atoms with Crippen LogP contribution in [0.4, 0.5) is 0 Å². The Labute approximate surface area is 114 Å². The Morgan fingerprint density at radius 1 is 1.47 bits per heavy atom. The Morgan fingerprint density at radius 3 is 2.68 bits per heavy atom. The summed E-state index contributed by atoms with van der Waals surface area (Å²) in [6.45, 7) is 7.28. The zero-order chi connectivity index (χ0) is 13.9. The molecule has 1 aliphatic heterocycles. The van der Waals surface area contributed by atoms with E-state index in [1.54, 1.807) is 5.06 Å². The second kappa shape index (κ2) is 5.74. The highest BCUT2D eigenvalue weighted by atomic mass is 16.7. The Kier molecular flexibility index (Phi) is 4.24. The van der Waals surface area contributed by atoms with E-state index in [9.17, 15) is 4.79 Å². The van der Waals surface area contributed by atoms with Gasteiger partial charge < -0.3 is 4.84 Å². The molecule has 19 heavy (non-hydrogen) atoms. The SMILES string of the molecule is CC(C)(C)C(=O)ON1CCC(Cc2cn[nH]c2)CC1. The van der Waals surface area contributed by atoms with E-state index in [-0.39, 0.29) is 5.97 Å². The molecule has 0 radical (unpaired) electrons. The summed E-state index contributed by atoms with van der Waals surface area (Å²) in [5, 5.41) is 8.61. The number of carbonyl (C=O) groups excluding carboxylic acids is 1. The van der Waals surface area contributed by atoms with E-state index in [2.05, 4.69) is 10.2 Å². The van der Waals surface area contributed by atoms with Gasteiger partial charge in [-0.2, -0.15) is 5.10 Å². The quantitative estimate of drug-likeness (QED) is 0.910. The molecule has 5 heteroatoms. The zero-order valence-electron chi connectivity index (χ0n) is 12.0. The van der Waals surface area contributed by atoms with Crippen LogP contribution in [0.15, 0.2) is 12.4 Å². The average Bonchev–Trinajstić information content (AvgIpc) is 2.83. The van der Waals surface area contributed by atoms with Crippen LogP contribution in [0.3, 0.4) is 0 Å². The highest BCUT2D eigenvalue weighted by Crippen LogP contribution is 2.23. The van der Waals surface area contributed by atoms with Crippen molar-refractivity contribution in [2.75, 3.05) is 13.1 Å². The Bertz CT molecular complexity index is 401.